The van der Waals surface area contributed by atoms with E-state index in [-0.39, 0.29) is 1.43 Å². The van der Waals surface area contributed by atoms with E-state index in [1.54, 1.807) is 6.20 Å². The Kier molecular flexibility index (Phi) is 1.03. The van der Waals surface area contributed by atoms with Gasteiger partial charge in [-0.2, -0.15) is 0 Å². The van der Waals surface area contributed by atoms with Crippen LogP contribution in [0.15, 0.2) is 18.6 Å². The van der Waals surface area contributed by atoms with E-state index in [9.17, 15) is 0 Å². The minimum atomic E-state index is 0. The number of aromatic amines is 1. The molecule has 3 heteroatoms. The number of hydrogen-bond donors (Lipinski definition) is 1. The lowest BCUT2D eigenvalue weighted by molar-refractivity contribution is 1.06. The van der Waals surface area contributed by atoms with E-state index in [2.05, 4.69) is 23.1 Å². The van der Waals surface area contributed by atoms with Gasteiger partial charge in [0, 0.05) is 25.7 Å². The minimum absolute atomic E-state index is 0. The quantitative estimate of drug-likeness (QED) is 0.634. The SMILES string of the molecule is CCc1cn2ccnc2[nH]1.[HH]. The van der Waals surface area contributed by atoms with Crippen LogP contribution < -0.4 is 0 Å². The van der Waals surface area contributed by atoms with Crippen molar-refractivity contribution in [3.8, 4) is 0 Å². The van der Waals surface area contributed by atoms with E-state index < -0.39 is 0 Å². The van der Waals surface area contributed by atoms with Crippen molar-refractivity contribution in [3.63, 3.8) is 0 Å². The third-order valence-electron chi connectivity index (χ3n) is 1.62. The molecule has 2 aromatic heterocycles. The number of hydrogen-bond acceptors (Lipinski definition) is 1. The van der Waals surface area contributed by atoms with E-state index in [0.717, 1.165) is 12.2 Å². The first-order valence-corrected chi connectivity index (χ1v) is 3.40. The van der Waals surface area contributed by atoms with Crippen LogP contribution in [-0.4, -0.2) is 14.4 Å². The lowest BCUT2D eigenvalue weighted by atomic mass is 10.4. The second-order valence-electron chi connectivity index (χ2n) is 2.29. The van der Waals surface area contributed by atoms with Crippen molar-refractivity contribution < 1.29 is 1.43 Å². The number of imidazole rings is 2. The van der Waals surface area contributed by atoms with Gasteiger partial charge in [0.2, 0.25) is 5.78 Å². The molecule has 0 bridgehead atoms. The molecular formula is C7H11N3. The average Bonchev–Trinajstić information content (AvgIpc) is 2.42. The maximum Gasteiger partial charge on any atom is 0.211 e. The third kappa shape index (κ3) is 0.635. The van der Waals surface area contributed by atoms with Crippen LogP contribution in [0.4, 0.5) is 0 Å². The van der Waals surface area contributed by atoms with Gasteiger partial charge in [-0.05, 0) is 6.42 Å². The molecule has 3 nitrogen and oxygen atoms in total. The second-order valence-corrected chi connectivity index (χ2v) is 2.29. The van der Waals surface area contributed by atoms with Crippen molar-refractivity contribution >= 4 is 5.78 Å². The molecular weight excluding hydrogens is 126 g/mol. The molecule has 0 radical (unpaired) electrons. The fraction of sp³-hybridized carbons (Fsp3) is 0.286. The summed E-state index contributed by atoms with van der Waals surface area (Å²) in [6.45, 7) is 2.12. The van der Waals surface area contributed by atoms with Crippen LogP contribution in [0.3, 0.4) is 0 Å². The van der Waals surface area contributed by atoms with Gasteiger partial charge in [0.1, 0.15) is 0 Å². The summed E-state index contributed by atoms with van der Waals surface area (Å²) in [5.74, 6) is 0.928. The zero-order chi connectivity index (χ0) is 6.97. The molecule has 0 amide bonds. The number of nitrogens with zero attached hydrogens (tertiary/aromatic N) is 2. The lowest BCUT2D eigenvalue weighted by Crippen LogP contribution is -1.76. The van der Waals surface area contributed by atoms with Gasteiger partial charge in [-0.1, -0.05) is 6.92 Å². The van der Waals surface area contributed by atoms with Gasteiger partial charge in [0.15, 0.2) is 0 Å². The molecule has 0 saturated heterocycles. The Morgan fingerprint density at radius 3 is 3.40 bits per heavy atom. The molecule has 2 heterocycles. The van der Waals surface area contributed by atoms with Crippen LogP contribution in [-0.2, 0) is 6.42 Å². The predicted molar refractivity (Wildman–Crippen MR) is 41.0 cm³/mol. The van der Waals surface area contributed by atoms with E-state index >= 15 is 0 Å². The van der Waals surface area contributed by atoms with Gasteiger partial charge in [-0.3, -0.25) is 4.40 Å². The third-order valence-corrected chi connectivity index (χ3v) is 1.62. The number of nitrogens with one attached hydrogen (secondary N) is 1. The summed E-state index contributed by atoms with van der Waals surface area (Å²) in [4.78, 5) is 7.27. The average molecular weight is 137 g/mol. The first-order valence-electron chi connectivity index (χ1n) is 3.40. The number of fused-ring (bicyclic) bond motifs is 1. The monoisotopic (exact) mass is 137 g/mol. The van der Waals surface area contributed by atoms with Crippen LogP contribution in [0, 0.1) is 0 Å². The molecule has 54 valence electrons. The second kappa shape index (κ2) is 1.87. The van der Waals surface area contributed by atoms with Crippen molar-refractivity contribution in [2.75, 3.05) is 0 Å². The van der Waals surface area contributed by atoms with Gasteiger partial charge >= 0.3 is 0 Å². The highest BCUT2D eigenvalue weighted by Crippen LogP contribution is 2.01. The van der Waals surface area contributed by atoms with Crippen molar-refractivity contribution in [3.05, 3.63) is 24.3 Å². The summed E-state index contributed by atoms with van der Waals surface area (Å²) >= 11 is 0. The Morgan fingerprint density at radius 2 is 2.70 bits per heavy atom. The molecule has 0 saturated carbocycles. The molecule has 0 fully saturated rings. The molecule has 0 aromatic carbocycles. The van der Waals surface area contributed by atoms with Crippen LogP contribution in [0.2, 0.25) is 0 Å². The molecule has 1 N–H and O–H groups in total. The first kappa shape index (κ1) is 5.53. The van der Waals surface area contributed by atoms with Gasteiger partial charge in [-0.25, -0.2) is 4.98 Å². The standard InChI is InChI=1S/C7H9N3.H2/c1-2-6-5-10-4-3-8-7(10)9-6;/h3-5H,2H2,1H3,(H,8,9);1H. The zero-order valence-corrected chi connectivity index (χ0v) is 5.83. The Labute approximate surface area is 60.2 Å². The molecule has 0 aliphatic rings. The Bertz CT molecular complexity index is 307. The highest BCUT2D eigenvalue weighted by atomic mass is 15.1. The van der Waals surface area contributed by atoms with Crippen LogP contribution in [0.1, 0.15) is 14.0 Å². The summed E-state index contributed by atoms with van der Waals surface area (Å²) in [6, 6.07) is 0. The molecule has 0 atom stereocenters. The zero-order valence-electron chi connectivity index (χ0n) is 5.83. The largest absolute Gasteiger partial charge is 0.328 e. The van der Waals surface area contributed by atoms with Crippen molar-refractivity contribution in [1.29, 1.82) is 0 Å². The number of rotatable bonds is 1. The summed E-state index contributed by atoms with van der Waals surface area (Å²) in [5.41, 5.74) is 1.23. The molecule has 0 spiro atoms. The number of aryl methyl sites for hydroxylation is 1. The van der Waals surface area contributed by atoms with E-state index in [0.29, 0.717) is 0 Å². The smallest absolute Gasteiger partial charge is 0.211 e. The number of aromatic nitrogens is 3. The topological polar surface area (TPSA) is 33.1 Å². The summed E-state index contributed by atoms with van der Waals surface area (Å²) < 4.78 is 1.98. The van der Waals surface area contributed by atoms with Gasteiger partial charge in [0.05, 0.1) is 0 Å². The maximum atomic E-state index is 4.09. The number of H-pyrrole nitrogens is 1. The summed E-state index contributed by atoms with van der Waals surface area (Å²) in [6.07, 6.45) is 6.81. The van der Waals surface area contributed by atoms with Crippen molar-refractivity contribution in [2.24, 2.45) is 0 Å². The van der Waals surface area contributed by atoms with Crippen molar-refractivity contribution in [1.82, 2.24) is 14.4 Å². The van der Waals surface area contributed by atoms with Crippen molar-refractivity contribution in [2.45, 2.75) is 13.3 Å². The van der Waals surface area contributed by atoms with Crippen LogP contribution in [0.5, 0.6) is 0 Å². The van der Waals surface area contributed by atoms with Crippen LogP contribution >= 0.6 is 0 Å². The highest BCUT2D eigenvalue weighted by Gasteiger charge is 1.96. The molecule has 2 aromatic rings. The van der Waals surface area contributed by atoms with Gasteiger partial charge < -0.3 is 4.98 Å². The van der Waals surface area contributed by atoms with Crippen LogP contribution in [0.25, 0.3) is 5.78 Å². The molecule has 0 unspecified atom stereocenters. The fourth-order valence-corrected chi connectivity index (χ4v) is 1.04. The van der Waals surface area contributed by atoms with Gasteiger partial charge in [0.25, 0.3) is 0 Å². The van der Waals surface area contributed by atoms with E-state index in [1.165, 1.54) is 5.69 Å². The summed E-state index contributed by atoms with van der Waals surface area (Å²) in [5, 5.41) is 0. The summed E-state index contributed by atoms with van der Waals surface area (Å²) in [7, 11) is 0. The molecule has 2 rings (SSSR count). The lowest BCUT2D eigenvalue weighted by Gasteiger charge is -1.81. The predicted octanol–water partition coefficient (Wildman–Crippen LogP) is 1.47. The molecule has 0 aliphatic heterocycles. The Morgan fingerprint density at radius 1 is 1.80 bits per heavy atom. The maximum absolute atomic E-state index is 4.09. The van der Waals surface area contributed by atoms with E-state index in [1.807, 2.05) is 10.6 Å². The van der Waals surface area contributed by atoms with Gasteiger partial charge in [-0.15, -0.1) is 0 Å². The Balaban J connectivity index is 0.000000605. The molecule has 10 heavy (non-hydrogen) atoms. The first-order chi connectivity index (χ1) is 4.90. The minimum Gasteiger partial charge on any atom is -0.328 e. The Hall–Kier alpha value is -1.25. The normalized spacial score (nSPS) is 10.9. The highest BCUT2D eigenvalue weighted by molar-refractivity contribution is 5.30. The fourth-order valence-electron chi connectivity index (χ4n) is 1.04. The molecule has 0 aliphatic carbocycles. The van der Waals surface area contributed by atoms with E-state index in [4.69, 9.17) is 0 Å².